The van der Waals surface area contributed by atoms with E-state index in [0.29, 0.717) is 11.1 Å². The number of hydrogen-bond acceptors (Lipinski definition) is 2. The molecule has 4 heteroatoms. The maximum absolute atomic E-state index is 6.29. The highest BCUT2D eigenvalue weighted by Crippen LogP contribution is 2.34. The van der Waals surface area contributed by atoms with E-state index in [2.05, 4.69) is 27.3 Å². The van der Waals surface area contributed by atoms with Crippen molar-refractivity contribution in [2.75, 3.05) is 0 Å². The average Bonchev–Trinajstić information content (AvgIpc) is 3.24. The maximum Gasteiger partial charge on any atom is 0.150 e. The smallest absolute Gasteiger partial charge is 0.150 e. The molecule has 0 spiro atoms. The van der Waals surface area contributed by atoms with Crippen molar-refractivity contribution in [3.05, 3.63) is 57.5 Å². The van der Waals surface area contributed by atoms with Crippen LogP contribution in [0.1, 0.15) is 18.4 Å². The van der Waals surface area contributed by atoms with Gasteiger partial charge < -0.3 is 10.1 Å². The van der Waals surface area contributed by atoms with Crippen LogP contribution in [0.2, 0.25) is 5.02 Å². The molecule has 0 radical (unpaired) electrons. The summed E-state index contributed by atoms with van der Waals surface area (Å²) in [7, 11) is 0. The molecule has 0 amide bonds. The monoisotopic (exact) mass is 351 g/mol. The molecule has 1 saturated carbocycles. The summed E-state index contributed by atoms with van der Waals surface area (Å²) < 4.78 is 6.96. The number of para-hydroxylation sites is 1. The van der Waals surface area contributed by atoms with Gasteiger partial charge in [0, 0.05) is 22.6 Å². The molecule has 2 aromatic rings. The summed E-state index contributed by atoms with van der Waals surface area (Å²) in [4.78, 5) is 0. The van der Waals surface area contributed by atoms with E-state index in [9.17, 15) is 0 Å². The molecule has 0 aliphatic heterocycles. The normalized spacial score (nSPS) is 14.3. The van der Waals surface area contributed by atoms with Crippen molar-refractivity contribution in [3.8, 4) is 11.5 Å². The average molecular weight is 353 g/mol. The van der Waals surface area contributed by atoms with Crippen molar-refractivity contribution in [3.63, 3.8) is 0 Å². The maximum atomic E-state index is 6.29. The van der Waals surface area contributed by atoms with Gasteiger partial charge in [-0.05, 0) is 37.1 Å². The van der Waals surface area contributed by atoms with Crippen LogP contribution in [-0.4, -0.2) is 6.04 Å². The Morgan fingerprint density at radius 1 is 1.20 bits per heavy atom. The molecule has 1 N–H and O–H groups in total. The molecule has 104 valence electrons. The molecule has 1 aliphatic rings. The Kier molecular flexibility index (Phi) is 4.29. The molecule has 3 rings (SSSR count). The van der Waals surface area contributed by atoms with Crippen LogP contribution in [0.5, 0.6) is 11.5 Å². The van der Waals surface area contributed by atoms with Gasteiger partial charge in [-0.1, -0.05) is 45.7 Å². The molecule has 1 aliphatic carbocycles. The third-order valence-electron chi connectivity index (χ3n) is 3.22. The first-order valence-electron chi connectivity index (χ1n) is 6.66. The van der Waals surface area contributed by atoms with Crippen molar-refractivity contribution in [2.24, 2.45) is 0 Å². The van der Waals surface area contributed by atoms with Crippen LogP contribution in [-0.2, 0) is 6.54 Å². The first-order valence-corrected chi connectivity index (χ1v) is 7.83. The van der Waals surface area contributed by atoms with Crippen molar-refractivity contribution in [1.29, 1.82) is 0 Å². The van der Waals surface area contributed by atoms with Crippen LogP contribution in [0.4, 0.5) is 0 Å². The highest BCUT2D eigenvalue weighted by atomic mass is 79.9. The van der Waals surface area contributed by atoms with Gasteiger partial charge in [-0.25, -0.2) is 0 Å². The lowest BCUT2D eigenvalue weighted by Crippen LogP contribution is -2.15. The first kappa shape index (κ1) is 13.9. The van der Waals surface area contributed by atoms with Crippen molar-refractivity contribution >= 4 is 27.5 Å². The van der Waals surface area contributed by atoms with Gasteiger partial charge in [0.15, 0.2) is 0 Å². The molecule has 2 aromatic carbocycles. The van der Waals surface area contributed by atoms with Crippen LogP contribution in [0.15, 0.2) is 46.9 Å². The fraction of sp³-hybridized carbons (Fsp3) is 0.250. The zero-order valence-corrected chi connectivity index (χ0v) is 13.2. The van der Waals surface area contributed by atoms with E-state index in [1.54, 1.807) is 0 Å². The van der Waals surface area contributed by atoms with Crippen molar-refractivity contribution < 1.29 is 4.74 Å². The lowest BCUT2D eigenvalue weighted by Gasteiger charge is -2.13. The molecule has 2 nitrogen and oxygen atoms in total. The highest BCUT2D eigenvalue weighted by molar-refractivity contribution is 9.10. The second kappa shape index (κ2) is 6.17. The molecule has 0 bridgehead atoms. The number of nitrogens with one attached hydrogen (secondary N) is 1. The van der Waals surface area contributed by atoms with E-state index in [-0.39, 0.29) is 0 Å². The Balaban J connectivity index is 1.82. The van der Waals surface area contributed by atoms with E-state index < -0.39 is 0 Å². The summed E-state index contributed by atoms with van der Waals surface area (Å²) in [6.07, 6.45) is 2.53. The van der Waals surface area contributed by atoms with Gasteiger partial charge in [-0.15, -0.1) is 0 Å². The second-order valence-electron chi connectivity index (χ2n) is 4.94. The quantitative estimate of drug-likeness (QED) is 0.804. The van der Waals surface area contributed by atoms with Gasteiger partial charge in [-0.2, -0.15) is 0 Å². The molecule has 20 heavy (non-hydrogen) atoms. The van der Waals surface area contributed by atoms with Crippen LogP contribution >= 0.6 is 27.5 Å². The molecule has 0 heterocycles. The lowest BCUT2D eigenvalue weighted by molar-refractivity contribution is 0.472. The number of rotatable bonds is 5. The minimum atomic E-state index is 0.639. The van der Waals surface area contributed by atoms with Crippen molar-refractivity contribution in [2.45, 2.75) is 25.4 Å². The molecule has 0 aromatic heterocycles. The molecular formula is C16H15BrClNO. The van der Waals surface area contributed by atoms with Crippen LogP contribution in [0, 0.1) is 0 Å². The molecule has 0 unspecified atom stereocenters. The highest BCUT2D eigenvalue weighted by Gasteiger charge is 2.21. The second-order valence-corrected chi connectivity index (χ2v) is 6.27. The Morgan fingerprint density at radius 2 is 2.00 bits per heavy atom. The number of benzene rings is 2. The van der Waals surface area contributed by atoms with Gasteiger partial charge in [-0.3, -0.25) is 0 Å². The van der Waals surface area contributed by atoms with Gasteiger partial charge in [0.2, 0.25) is 0 Å². The Hall–Kier alpha value is -1.03. The fourth-order valence-electron chi connectivity index (χ4n) is 2.00. The van der Waals surface area contributed by atoms with Crippen LogP contribution in [0.3, 0.4) is 0 Å². The van der Waals surface area contributed by atoms with Crippen LogP contribution < -0.4 is 10.1 Å². The molecule has 0 atom stereocenters. The third kappa shape index (κ3) is 3.54. The fourth-order valence-corrected chi connectivity index (χ4v) is 2.61. The van der Waals surface area contributed by atoms with E-state index in [1.165, 1.54) is 12.8 Å². The number of hydrogen-bond donors (Lipinski definition) is 1. The Bertz CT molecular complexity index is 613. The van der Waals surface area contributed by atoms with Gasteiger partial charge in [0.05, 0.1) is 5.02 Å². The largest absolute Gasteiger partial charge is 0.455 e. The Labute approximate surface area is 132 Å². The van der Waals surface area contributed by atoms with E-state index in [1.807, 2.05) is 36.4 Å². The van der Waals surface area contributed by atoms with Gasteiger partial charge in [0.25, 0.3) is 0 Å². The zero-order valence-electron chi connectivity index (χ0n) is 10.9. The minimum absolute atomic E-state index is 0.639. The standard InChI is InChI=1S/C16H15BrClNO/c17-12-4-2-5-14(9-12)20-16-11(3-1-6-15(16)18)10-19-13-7-8-13/h1-6,9,13,19H,7-8,10H2. The third-order valence-corrected chi connectivity index (χ3v) is 4.01. The lowest BCUT2D eigenvalue weighted by atomic mass is 10.2. The predicted octanol–water partition coefficient (Wildman–Crippen LogP) is 5.15. The van der Waals surface area contributed by atoms with Crippen LogP contribution in [0.25, 0.3) is 0 Å². The first-order chi connectivity index (χ1) is 9.72. The van der Waals surface area contributed by atoms with Gasteiger partial charge in [0.1, 0.15) is 11.5 Å². The van der Waals surface area contributed by atoms with E-state index >= 15 is 0 Å². The SMILES string of the molecule is Clc1cccc(CNC2CC2)c1Oc1cccc(Br)c1. The molecule has 1 fully saturated rings. The summed E-state index contributed by atoms with van der Waals surface area (Å²) in [5.74, 6) is 1.51. The number of ether oxygens (including phenoxy) is 1. The van der Waals surface area contributed by atoms with Crippen molar-refractivity contribution in [1.82, 2.24) is 5.32 Å². The van der Waals surface area contributed by atoms with Gasteiger partial charge >= 0.3 is 0 Å². The topological polar surface area (TPSA) is 21.3 Å². The summed E-state index contributed by atoms with van der Waals surface area (Å²) in [5, 5.41) is 4.13. The molecular weight excluding hydrogens is 338 g/mol. The minimum Gasteiger partial charge on any atom is -0.455 e. The summed E-state index contributed by atoms with van der Waals surface area (Å²) in [5.41, 5.74) is 1.09. The zero-order chi connectivity index (χ0) is 13.9. The Morgan fingerprint density at radius 3 is 2.75 bits per heavy atom. The predicted molar refractivity (Wildman–Crippen MR) is 85.5 cm³/mol. The van der Waals surface area contributed by atoms with E-state index in [4.69, 9.17) is 16.3 Å². The number of halogens is 2. The van der Waals surface area contributed by atoms with E-state index in [0.717, 1.165) is 28.1 Å². The summed E-state index contributed by atoms with van der Waals surface area (Å²) in [6.45, 7) is 0.786. The summed E-state index contributed by atoms with van der Waals surface area (Å²) >= 11 is 9.73. The molecule has 0 saturated heterocycles. The summed E-state index contributed by atoms with van der Waals surface area (Å²) in [6, 6.07) is 14.3.